The Morgan fingerprint density at radius 1 is 1.00 bits per heavy atom. The summed E-state index contributed by atoms with van der Waals surface area (Å²) in [5.74, 6) is 1.30. The van der Waals surface area contributed by atoms with Crippen molar-refractivity contribution < 1.29 is 19.0 Å². The van der Waals surface area contributed by atoms with E-state index in [0.29, 0.717) is 46.1 Å². The topological polar surface area (TPSA) is 93.8 Å². The van der Waals surface area contributed by atoms with E-state index in [1.807, 2.05) is 23.6 Å². The van der Waals surface area contributed by atoms with Crippen LogP contribution < -0.4 is 19.8 Å². The molecule has 33 heavy (non-hydrogen) atoms. The van der Waals surface area contributed by atoms with Crippen LogP contribution in [0, 0.1) is 0 Å². The van der Waals surface area contributed by atoms with Crippen LogP contribution in [0.1, 0.15) is 21.1 Å². The molecule has 4 rings (SSSR count). The summed E-state index contributed by atoms with van der Waals surface area (Å²) in [5.41, 5.74) is 0.698. The molecule has 0 aliphatic carbocycles. The first-order valence-corrected chi connectivity index (χ1v) is 11.0. The van der Waals surface area contributed by atoms with Crippen molar-refractivity contribution in [3.05, 3.63) is 80.5 Å². The lowest BCUT2D eigenvalue weighted by molar-refractivity contribution is 0.0726. The van der Waals surface area contributed by atoms with Crippen LogP contribution in [0.5, 0.6) is 17.2 Å². The molecule has 0 bridgehead atoms. The van der Waals surface area contributed by atoms with Crippen LogP contribution in [0.25, 0.3) is 10.9 Å². The Morgan fingerprint density at radius 3 is 2.36 bits per heavy atom. The zero-order valence-electron chi connectivity index (χ0n) is 18.5. The molecule has 4 aromatic rings. The van der Waals surface area contributed by atoms with Crippen molar-refractivity contribution in [2.75, 3.05) is 21.3 Å². The first kappa shape index (κ1) is 22.3. The maximum atomic E-state index is 13.6. The number of amides is 1. The Kier molecular flexibility index (Phi) is 6.60. The highest BCUT2D eigenvalue weighted by Gasteiger charge is 2.23. The Bertz CT molecular complexity index is 1310. The molecule has 170 valence electrons. The summed E-state index contributed by atoms with van der Waals surface area (Å²) < 4.78 is 16.2. The number of aromatic nitrogens is 2. The summed E-state index contributed by atoms with van der Waals surface area (Å²) >= 11 is 1.55. The minimum absolute atomic E-state index is 0.119. The number of ether oxygens (including phenoxy) is 3. The van der Waals surface area contributed by atoms with Crippen LogP contribution in [0.2, 0.25) is 0 Å². The molecule has 0 unspecified atom stereocenters. The molecule has 0 saturated heterocycles. The quantitative estimate of drug-likeness (QED) is 0.425. The normalized spacial score (nSPS) is 10.8. The predicted octanol–water partition coefficient (Wildman–Crippen LogP) is 3.85. The number of hydrogen-bond donors (Lipinski definition) is 1. The summed E-state index contributed by atoms with van der Waals surface area (Å²) in [6, 6.07) is 14.2. The van der Waals surface area contributed by atoms with Gasteiger partial charge in [0.15, 0.2) is 11.5 Å². The van der Waals surface area contributed by atoms with E-state index in [0.717, 1.165) is 4.88 Å². The van der Waals surface area contributed by atoms with Crippen molar-refractivity contribution in [2.45, 2.75) is 13.1 Å². The molecular weight excluding hydrogens is 442 g/mol. The number of rotatable bonds is 8. The van der Waals surface area contributed by atoms with Gasteiger partial charge in [-0.15, -0.1) is 11.3 Å². The molecule has 8 nitrogen and oxygen atoms in total. The predicted molar refractivity (Wildman–Crippen MR) is 126 cm³/mol. The summed E-state index contributed by atoms with van der Waals surface area (Å²) in [6.45, 7) is 0.469. The van der Waals surface area contributed by atoms with Gasteiger partial charge >= 0.3 is 0 Å². The zero-order chi connectivity index (χ0) is 23.4. The lowest BCUT2D eigenvalue weighted by Gasteiger charge is -2.23. The van der Waals surface area contributed by atoms with Gasteiger partial charge in [-0.2, -0.15) is 0 Å². The van der Waals surface area contributed by atoms with Gasteiger partial charge in [-0.25, -0.2) is 4.98 Å². The van der Waals surface area contributed by atoms with Crippen LogP contribution in [-0.4, -0.2) is 42.1 Å². The van der Waals surface area contributed by atoms with Crippen LogP contribution in [0.3, 0.4) is 0 Å². The molecule has 0 aliphatic heterocycles. The number of thiophene rings is 1. The molecular formula is C24H23N3O5S. The summed E-state index contributed by atoms with van der Waals surface area (Å²) in [6.07, 6.45) is 0. The first-order chi connectivity index (χ1) is 16.0. The number of fused-ring (bicyclic) bond motifs is 1. The average molecular weight is 466 g/mol. The summed E-state index contributed by atoms with van der Waals surface area (Å²) in [5, 5.41) is 2.45. The molecule has 2 aromatic carbocycles. The molecule has 2 heterocycles. The molecule has 2 aromatic heterocycles. The Balaban J connectivity index is 1.73. The van der Waals surface area contributed by atoms with E-state index in [2.05, 4.69) is 9.97 Å². The molecule has 0 spiro atoms. The number of carbonyl (C=O) groups is 1. The zero-order valence-corrected chi connectivity index (χ0v) is 19.3. The van der Waals surface area contributed by atoms with Gasteiger partial charge < -0.3 is 24.1 Å². The van der Waals surface area contributed by atoms with Gasteiger partial charge in [0.2, 0.25) is 5.75 Å². The van der Waals surface area contributed by atoms with E-state index in [4.69, 9.17) is 14.2 Å². The standard InChI is InChI=1S/C24H23N3O5S/c1-30-19-11-15(12-20(31-2)22(19)32-3)24(29)27(13-16-7-6-10-33-16)14-21-25-18-9-5-4-8-17(18)23(28)26-21/h4-12H,13-14H2,1-3H3,(H,25,26,28). The third-order valence-corrected chi connectivity index (χ3v) is 5.99. The maximum Gasteiger partial charge on any atom is 0.258 e. The third kappa shape index (κ3) is 4.68. The molecule has 9 heteroatoms. The number of hydrogen-bond acceptors (Lipinski definition) is 7. The highest BCUT2D eigenvalue weighted by molar-refractivity contribution is 7.09. The Hall–Kier alpha value is -3.85. The van der Waals surface area contributed by atoms with Gasteiger partial charge in [0, 0.05) is 10.4 Å². The fraction of sp³-hybridized carbons (Fsp3) is 0.208. The van der Waals surface area contributed by atoms with Gasteiger partial charge in [-0.05, 0) is 35.7 Å². The molecule has 0 fully saturated rings. The number of aromatic amines is 1. The van der Waals surface area contributed by atoms with Crippen LogP contribution in [0.4, 0.5) is 0 Å². The Morgan fingerprint density at radius 2 is 1.73 bits per heavy atom. The van der Waals surface area contributed by atoms with E-state index >= 15 is 0 Å². The molecule has 1 amide bonds. The molecule has 0 radical (unpaired) electrons. The smallest absolute Gasteiger partial charge is 0.258 e. The fourth-order valence-corrected chi connectivity index (χ4v) is 4.29. The van der Waals surface area contributed by atoms with Crippen LogP contribution >= 0.6 is 11.3 Å². The number of methoxy groups -OCH3 is 3. The van der Waals surface area contributed by atoms with Gasteiger partial charge in [-0.1, -0.05) is 18.2 Å². The van der Waals surface area contributed by atoms with Crippen molar-refractivity contribution in [1.82, 2.24) is 14.9 Å². The monoisotopic (exact) mass is 465 g/mol. The van der Waals surface area contributed by atoms with Crippen molar-refractivity contribution in [1.29, 1.82) is 0 Å². The molecule has 0 aliphatic rings. The van der Waals surface area contributed by atoms with E-state index in [9.17, 15) is 9.59 Å². The lowest BCUT2D eigenvalue weighted by Crippen LogP contribution is -2.31. The van der Waals surface area contributed by atoms with Crippen molar-refractivity contribution in [3.63, 3.8) is 0 Å². The van der Waals surface area contributed by atoms with Crippen LogP contribution in [0.15, 0.2) is 58.7 Å². The maximum absolute atomic E-state index is 13.6. The minimum atomic E-state index is -0.265. The molecule has 0 saturated carbocycles. The average Bonchev–Trinajstić information content (AvgIpc) is 3.35. The largest absolute Gasteiger partial charge is 0.493 e. The number of para-hydroxylation sites is 1. The first-order valence-electron chi connectivity index (χ1n) is 10.1. The number of H-pyrrole nitrogens is 1. The van der Waals surface area contributed by atoms with Gasteiger partial charge in [-0.3, -0.25) is 9.59 Å². The number of carbonyl (C=O) groups excluding carboxylic acids is 1. The third-order valence-electron chi connectivity index (χ3n) is 5.13. The fourth-order valence-electron chi connectivity index (χ4n) is 3.57. The second-order valence-corrected chi connectivity index (χ2v) is 8.22. The highest BCUT2D eigenvalue weighted by Crippen LogP contribution is 2.38. The van der Waals surface area contributed by atoms with E-state index in [1.54, 1.807) is 46.6 Å². The second-order valence-electron chi connectivity index (χ2n) is 7.18. The second kappa shape index (κ2) is 9.74. The van der Waals surface area contributed by atoms with Gasteiger partial charge in [0.25, 0.3) is 11.5 Å². The molecule has 1 N–H and O–H groups in total. The van der Waals surface area contributed by atoms with Crippen LogP contribution in [-0.2, 0) is 13.1 Å². The number of nitrogens with zero attached hydrogens (tertiary/aromatic N) is 2. The van der Waals surface area contributed by atoms with E-state index in [-0.39, 0.29) is 18.0 Å². The number of nitrogens with one attached hydrogen (secondary N) is 1. The van der Waals surface area contributed by atoms with E-state index < -0.39 is 0 Å². The van der Waals surface area contributed by atoms with Crippen molar-refractivity contribution in [3.8, 4) is 17.2 Å². The SMILES string of the molecule is COc1cc(C(=O)N(Cc2nc3ccccc3c(=O)[nH]2)Cc2cccs2)cc(OC)c1OC. The van der Waals surface area contributed by atoms with Crippen molar-refractivity contribution >= 4 is 28.1 Å². The highest BCUT2D eigenvalue weighted by atomic mass is 32.1. The van der Waals surface area contributed by atoms with Gasteiger partial charge in [0.1, 0.15) is 5.82 Å². The number of benzene rings is 2. The Labute approximate surface area is 194 Å². The minimum Gasteiger partial charge on any atom is -0.493 e. The lowest BCUT2D eigenvalue weighted by atomic mass is 10.1. The van der Waals surface area contributed by atoms with E-state index in [1.165, 1.54) is 21.3 Å². The summed E-state index contributed by atoms with van der Waals surface area (Å²) in [4.78, 5) is 36.1. The van der Waals surface area contributed by atoms with Gasteiger partial charge in [0.05, 0.1) is 45.3 Å². The molecule has 0 atom stereocenters. The summed E-state index contributed by atoms with van der Waals surface area (Å²) in [7, 11) is 4.50. The van der Waals surface area contributed by atoms with Crippen molar-refractivity contribution in [2.24, 2.45) is 0 Å².